The van der Waals surface area contributed by atoms with E-state index >= 15 is 0 Å². The van der Waals surface area contributed by atoms with E-state index in [0.717, 1.165) is 30.9 Å². The van der Waals surface area contributed by atoms with Crippen molar-refractivity contribution >= 4 is 0 Å². The van der Waals surface area contributed by atoms with Gasteiger partial charge in [0, 0.05) is 44.1 Å². The maximum atomic E-state index is 4.50. The first-order valence-corrected chi connectivity index (χ1v) is 7.23. The number of hydrogen-bond donors (Lipinski definition) is 1. The first kappa shape index (κ1) is 14.8. The molecule has 0 fully saturated rings. The summed E-state index contributed by atoms with van der Waals surface area (Å²) >= 11 is 0. The predicted octanol–water partition coefficient (Wildman–Crippen LogP) is 1.63. The largest absolute Gasteiger partial charge is 0.335 e. The van der Waals surface area contributed by atoms with Crippen molar-refractivity contribution in [3.05, 3.63) is 35.2 Å². The SMILES string of the molecule is CCn1ccnc1CC(Cc1c(C)nn(C)c1C)NC. The molecule has 0 aliphatic rings. The van der Waals surface area contributed by atoms with Gasteiger partial charge in [0.2, 0.25) is 0 Å². The number of nitrogens with one attached hydrogen (secondary N) is 1. The highest BCUT2D eigenvalue weighted by atomic mass is 15.3. The molecule has 1 atom stereocenters. The number of imidazole rings is 1. The standard InChI is InChI=1S/C15H25N5/c1-6-20-8-7-17-15(20)10-13(16-4)9-14-11(2)18-19(5)12(14)3/h7-8,13,16H,6,9-10H2,1-5H3. The van der Waals surface area contributed by atoms with Crippen molar-refractivity contribution in [2.75, 3.05) is 7.05 Å². The van der Waals surface area contributed by atoms with Crippen LogP contribution in [0.3, 0.4) is 0 Å². The van der Waals surface area contributed by atoms with Crippen molar-refractivity contribution in [3.63, 3.8) is 0 Å². The van der Waals surface area contributed by atoms with Gasteiger partial charge in [-0.3, -0.25) is 4.68 Å². The monoisotopic (exact) mass is 275 g/mol. The fourth-order valence-corrected chi connectivity index (χ4v) is 2.67. The Labute approximate surface area is 121 Å². The molecular formula is C15H25N5. The van der Waals surface area contributed by atoms with E-state index in [9.17, 15) is 0 Å². The van der Waals surface area contributed by atoms with Crippen molar-refractivity contribution in [3.8, 4) is 0 Å². The third kappa shape index (κ3) is 2.93. The molecule has 2 aromatic rings. The number of aryl methyl sites for hydroxylation is 3. The molecule has 2 rings (SSSR count). The van der Waals surface area contributed by atoms with Crippen LogP contribution in [0.1, 0.15) is 29.7 Å². The Bertz CT molecular complexity index is 567. The zero-order chi connectivity index (χ0) is 14.7. The molecule has 110 valence electrons. The lowest BCUT2D eigenvalue weighted by Gasteiger charge is -2.17. The van der Waals surface area contributed by atoms with E-state index in [1.165, 1.54) is 11.3 Å². The van der Waals surface area contributed by atoms with E-state index in [1.807, 2.05) is 31.2 Å². The lowest BCUT2D eigenvalue weighted by Crippen LogP contribution is -2.31. The van der Waals surface area contributed by atoms with E-state index in [2.05, 4.69) is 40.7 Å². The first-order valence-electron chi connectivity index (χ1n) is 7.23. The molecule has 0 radical (unpaired) electrons. The maximum absolute atomic E-state index is 4.50. The molecule has 0 aliphatic heterocycles. The van der Waals surface area contributed by atoms with Crippen LogP contribution in [0.25, 0.3) is 0 Å². The minimum Gasteiger partial charge on any atom is -0.335 e. The topological polar surface area (TPSA) is 47.7 Å². The minimum atomic E-state index is 0.379. The number of aromatic nitrogens is 4. The average Bonchev–Trinajstić information content (AvgIpc) is 2.97. The normalized spacial score (nSPS) is 12.8. The van der Waals surface area contributed by atoms with Crippen LogP contribution in [-0.4, -0.2) is 32.4 Å². The Hall–Kier alpha value is -1.62. The summed E-state index contributed by atoms with van der Waals surface area (Å²) in [5.74, 6) is 1.14. The first-order chi connectivity index (χ1) is 9.56. The Morgan fingerprint density at radius 3 is 2.60 bits per heavy atom. The summed E-state index contributed by atoms with van der Waals surface area (Å²) in [5.41, 5.74) is 3.73. The quantitative estimate of drug-likeness (QED) is 0.871. The van der Waals surface area contributed by atoms with Gasteiger partial charge in [0.15, 0.2) is 0 Å². The van der Waals surface area contributed by atoms with Gasteiger partial charge in [-0.15, -0.1) is 0 Å². The zero-order valence-electron chi connectivity index (χ0n) is 13.1. The van der Waals surface area contributed by atoms with Gasteiger partial charge in [0.1, 0.15) is 5.82 Å². The third-order valence-corrected chi connectivity index (χ3v) is 4.09. The van der Waals surface area contributed by atoms with Gasteiger partial charge in [-0.05, 0) is 39.8 Å². The summed E-state index contributed by atoms with van der Waals surface area (Å²) in [6.07, 6.45) is 5.85. The highest BCUT2D eigenvalue weighted by Gasteiger charge is 2.17. The van der Waals surface area contributed by atoms with E-state index in [-0.39, 0.29) is 0 Å². The molecule has 0 amide bonds. The lowest BCUT2D eigenvalue weighted by molar-refractivity contribution is 0.524. The van der Waals surface area contributed by atoms with Crippen LogP contribution in [-0.2, 0) is 26.4 Å². The lowest BCUT2D eigenvalue weighted by atomic mass is 10.0. The molecule has 0 saturated heterocycles. The van der Waals surface area contributed by atoms with E-state index in [1.54, 1.807) is 0 Å². The summed E-state index contributed by atoms with van der Waals surface area (Å²) in [5, 5.41) is 7.91. The van der Waals surface area contributed by atoms with Crippen LogP contribution >= 0.6 is 0 Å². The zero-order valence-corrected chi connectivity index (χ0v) is 13.1. The Morgan fingerprint density at radius 2 is 2.05 bits per heavy atom. The number of likely N-dealkylation sites (N-methyl/N-ethyl adjacent to an activating group) is 1. The molecule has 2 aromatic heterocycles. The Kier molecular flexibility index (Phi) is 4.60. The maximum Gasteiger partial charge on any atom is 0.110 e. The van der Waals surface area contributed by atoms with Gasteiger partial charge in [-0.2, -0.15) is 5.10 Å². The molecule has 0 saturated carbocycles. The van der Waals surface area contributed by atoms with Gasteiger partial charge in [0.05, 0.1) is 5.69 Å². The van der Waals surface area contributed by atoms with Crippen LogP contribution in [0.2, 0.25) is 0 Å². The second kappa shape index (κ2) is 6.22. The minimum absolute atomic E-state index is 0.379. The highest BCUT2D eigenvalue weighted by Crippen LogP contribution is 2.16. The van der Waals surface area contributed by atoms with Gasteiger partial charge in [-0.25, -0.2) is 4.98 Å². The van der Waals surface area contributed by atoms with Gasteiger partial charge in [-0.1, -0.05) is 0 Å². The summed E-state index contributed by atoms with van der Waals surface area (Å²) in [4.78, 5) is 4.47. The van der Waals surface area contributed by atoms with E-state index in [4.69, 9.17) is 0 Å². The molecule has 0 aromatic carbocycles. The summed E-state index contributed by atoms with van der Waals surface area (Å²) in [6, 6.07) is 0.379. The molecule has 1 unspecified atom stereocenters. The summed E-state index contributed by atoms with van der Waals surface area (Å²) in [7, 11) is 4.02. The Morgan fingerprint density at radius 1 is 1.30 bits per heavy atom. The van der Waals surface area contributed by atoms with Crippen LogP contribution in [0, 0.1) is 13.8 Å². The van der Waals surface area contributed by atoms with E-state index in [0.29, 0.717) is 6.04 Å². The second-order valence-electron chi connectivity index (χ2n) is 5.30. The number of rotatable bonds is 6. The second-order valence-corrected chi connectivity index (χ2v) is 5.30. The molecule has 0 spiro atoms. The molecule has 1 N–H and O–H groups in total. The van der Waals surface area contributed by atoms with Crippen LogP contribution in [0.5, 0.6) is 0 Å². The van der Waals surface area contributed by atoms with Crippen LogP contribution in [0.15, 0.2) is 12.4 Å². The number of nitrogens with zero attached hydrogens (tertiary/aromatic N) is 4. The summed E-state index contributed by atoms with van der Waals surface area (Å²) in [6.45, 7) is 7.34. The molecule has 5 heteroatoms. The Balaban J connectivity index is 2.13. The van der Waals surface area contributed by atoms with Crippen LogP contribution in [0.4, 0.5) is 0 Å². The van der Waals surface area contributed by atoms with E-state index < -0.39 is 0 Å². The van der Waals surface area contributed by atoms with Gasteiger partial charge >= 0.3 is 0 Å². The van der Waals surface area contributed by atoms with Gasteiger partial charge < -0.3 is 9.88 Å². The van der Waals surface area contributed by atoms with Crippen LogP contribution < -0.4 is 5.32 Å². The molecular weight excluding hydrogens is 250 g/mol. The van der Waals surface area contributed by atoms with Crippen molar-refractivity contribution in [2.24, 2.45) is 7.05 Å². The highest BCUT2D eigenvalue weighted by molar-refractivity contribution is 5.25. The predicted molar refractivity (Wildman–Crippen MR) is 80.8 cm³/mol. The number of hydrogen-bond acceptors (Lipinski definition) is 3. The molecule has 0 aliphatic carbocycles. The molecule has 0 bridgehead atoms. The molecule has 20 heavy (non-hydrogen) atoms. The molecule has 5 nitrogen and oxygen atoms in total. The van der Waals surface area contributed by atoms with Gasteiger partial charge in [0.25, 0.3) is 0 Å². The smallest absolute Gasteiger partial charge is 0.110 e. The van der Waals surface area contributed by atoms with Crippen molar-refractivity contribution in [1.29, 1.82) is 0 Å². The third-order valence-electron chi connectivity index (χ3n) is 4.09. The summed E-state index contributed by atoms with van der Waals surface area (Å²) < 4.78 is 4.16. The van der Waals surface area contributed by atoms with Crippen molar-refractivity contribution in [1.82, 2.24) is 24.6 Å². The fraction of sp³-hybridized carbons (Fsp3) is 0.600. The average molecular weight is 275 g/mol. The van der Waals surface area contributed by atoms with Crippen molar-refractivity contribution in [2.45, 2.75) is 46.2 Å². The fourth-order valence-electron chi connectivity index (χ4n) is 2.67. The van der Waals surface area contributed by atoms with Crippen molar-refractivity contribution < 1.29 is 0 Å². The molecule has 2 heterocycles.